The van der Waals surface area contributed by atoms with Crippen LogP contribution in [0.5, 0.6) is 0 Å². The molecule has 0 saturated heterocycles. The molecule has 2 aromatic heterocycles. The van der Waals surface area contributed by atoms with Crippen molar-refractivity contribution in [3.8, 4) is 0 Å². The normalized spacial score (nSPS) is 11.6. The molecule has 0 amide bonds. The molecule has 0 saturated carbocycles. The van der Waals surface area contributed by atoms with Crippen LogP contribution < -0.4 is 5.32 Å². The van der Waals surface area contributed by atoms with Gasteiger partial charge < -0.3 is 10.2 Å². The van der Waals surface area contributed by atoms with Crippen LogP contribution in [0, 0.1) is 0 Å². The Hall–Kier alpha value is -1.13. The van der Waals surface area contributed by atoms with Gasteiger partial charge in [-0.15, -0.1) is 11.3 Å². The van der Waals surface area contributed by atoms with Gasteiger partial charge in [0.2, 0.25) is 0 Å². The summed E-state index contributed by atoms with van der Waals surface area (Å²) in [5.41, 5.74) is 0. The quantitative estimate of drug-likeness (QED) is 0.780. The Morgan fingerprint density at radius 1 is 1.32 bits per heavy atom. The van der Waals surface area contributed by atoms with E-state index in [2.05, 4.69) is 53.6 Å². The summed E-state index contributed by atoms with van der Waals surface area (Å²) < 4.78 is 1.30. The zero-order valence-corrected chi connectivity index (χ0v) is 12.8. The number of nitrogens with zero attached hydrogens (tertiary/aromatic N) is 2. The molecule has 0 unspecified atom stereocenters. The molecule has 2 rings (SSSR count). The van der Waals surface area contributed by atoms with Crippen LogP contribution in [0.3, 0.4) is 0 Å². The van der Waals surface area contributed by atoms with Crippen LogP contribution in [-0.4, -0.2) is 36.1 Å². The lowest BCUT2D eigenvalue weighted by Crippen LogP contribution is -2.27. The molecule has 1 N–H and O–H groups in total. The fraction of sp³-hybridized carbons (Fsp3) is 0.533. The van der Waals surface area contributed by atoms with E-state index in [9.17, 15) is 0 Å². The minimum absolute atomic E-state index is 0.634. The Balaban J connectivity index is 1.76. The Bertz CT molecular complexity index is 507. The van der Waals surface area contributed by atoms with Crippen LogP contribution in [0.1, 0.15) is 26.7 Å². The van der Waals surface area contributed by atoms with Crippen molar-refractivity contribution >= 4 is 27.2 Å². The number of fused-ring (bicyclic) bond motifs is 1. The van der Waals surface area contributed by atoms with Crippen molar-refractivity contribution in [2.75, 3.05) is 25.5 Å². The number of pyridine rings is 1. The van der Waals surface area contributed by atoms with Crippen LogP contribution >= 0.6 is 11.3 Å². The van der Waals surface area contributed by atoms with E-state index in [-0.39, 0.29) is 0 Å². The van der Waals surface area contributed by atoms with E-state index in [0.29, 0.717) is 6.04 Å². The first-order chi connectivity index (χ1) is 9.18. The number of hydrogen-bond acceptors (Lipinski definition) is 4. The molecule has 0 spiro atoms. The van der Waals surface area contributed by atoms with E-state index in [1.54, 1.807) is 11.3 Å². The summed E-state index contributed by atoms with van der Waals surface area (Å²) in [4.78, 5) is 6.81. The number of nitrogens with one attached hydrogen (secondary N) is 1. The maximum atomic E-state index is 4.43. The topological polar surface area (TPSA) is 28.2 Å². The van der Waals surface area contributed by atoms with Crippen molar-refractivity contribution in [1.29, 1.82) is 0 Å². The zero-order chi connectivity index (χ0) is 13.7. The second-order valence-electron chi connectivity index (χ2n) is 5.20. The second-order valence-corrected chi connectivity index (χ2v) is 6.15. The minimum atomic E-state index is 0.634. The summed E-state index contributed by atoms with van der Waals surface area (Å²) in [5.74, 6) is 1.02. The van der Waals surface area contributed by atoms with Crippen molar-refractivity contribution in [2.45, 2.75) is 32.7 Å². The Labute approximate surface area is 119 Å². The standard InChI is InChI=1S/C15H23N3S/c1-12(2)18(3)10-5-4-8-16-15-13-7-11-19-14(13)6-9-17-15/h6-7,9,11-12H,4-5,8,10H2,1-3H3,(H,16,17). The van der Waals surface area contributed by atoms with Crippen LogP contribution in [0.4, 0.5) is 5.82 Å². The van der Waals surface area contributed by atoms with Gasteiger partial charge in [-0.1, -0.05) is 0 Å². The molecular formula is C15H23N3S. The molecule has 2 aromatic rings. The van der Waals surface area contributed by atoms with E-state index >= 15 is 0 Å². The minimum Gasteiger partial charge on any atom is -0.370 e. The average Bonchev–Trinajstić information content (AvgIpc) is 2.87. The summed E-state index contributed by atoms with van der Waals surface area (Å²) >= 11 is 1.77. The van der Waals surface area contributed by atoms with Crippen molar-refractivity contribution in [2.24, 2.45) is 0 Å². The molecule has 3 nitrogen and oxygen atoms in total. The molecule has 4 heteroatoms. The number of unbranched alkanes of at least 4 members (excludes halogenated alkanes) is 1. The lowest BCUT2D eigenvalue weighted by molar-refractivity contribution is 0.269. The molecule has 0 aliphatic rings. The maximum Gasteiger partial charge on any atom is 0.134 e. The second kappa shape index (κ2) is 6.87. The van der Waals surface area contributed by atoms with Gasteiger partial charge in [0, 0.05) is 28.9 Å². The predicted octanol–water partition coefficient (Wildman–Crippen LogP) is 3.83. The highest BCUT2D eigenvalue weighted by Gasteiger charge is 2.04. The molecule has 0 fully saturated rings. The monoisotopic (exact) mass is 277 g/mol. The highest BCUT2D eigenvalue weighted by atomic mass is 32.1. The van der Waals surface area contributed by atoms with Gasteiger partial charge >= 0.3 is 0 Å². The summed E-state index contributed by atoms with van der Waals surface area (Å²) in [6.45, 7) is 6.63. The average molecular weight is 277 g/mol. The third-order valence-electron chi connectivity index (χ3n) is 3.49. The fourth-order valence-corrected chi connectivity index (χ4v) is 2.77. The number of aromatic nitrogens is 1. The fourth-order valence-electron chi connectivity index (χ4n) is 1.99. The lowest BCUT2D eigenvalue weighted by Gasteiger charge is -2.20. The molecule has 0 aromatic carbocycles. The molecule has 0 aliphatic heterocycles. The third kappa shape index (κ3) is 3.91. The van der Waals surface area contributed by atoms with Gasteiger partial charge in [0.05, 0.1) is 0 Å². The lowest BCUT2D eigenvalue weighted by atomic mass is 10.2. The van der Waals surface area contributed by atoms with E-state index in [1.165, 1.54) is 22.9 Å². The van der Waals surface area contributed by atoms with Gasteiger partial charge in [-0.05, 0) is 57.8 Å². The largest absolute Gasteiger partial charge is 0.370 e. The van der Waals surface area contributed by atoms with Crippen LogP contribution in [0.2, 0.25) is 0 Å². The summed E-state index contributed by atoms with van der Waals surface area (Å²) in [6, 6.07) is 4.85. The van der Waals surface area contributed by atoms with Crippen LogP contribution in [-0.2, 0) is 0 Å². The highest BCUT2D eigenvalue weighted by Crippen LogP contribution is 2.25. The van der Waals surface area contributed by atoms with E-state index in [1.807, 2.05) is 6.20 Å². The smallest absolute Gasteiger partial charge is 0.134 e. The number of hydrogen-bond donors (Lipinski definition) is 1. The predicted molar refractivity (Wildman–Crippen MR) is 85.1 cm³/mol. The Kier molecular flexibility index (Phi) is 5.16. The first kappa shape index (κ1) is 14.3. The van der Waals surface area contributed by atoms with Gasteiger partial charge in [0.25, 0.3) is 0 Å². The zero-order valence-electron chi connectivity index (χ0n) is 12.0. The molecule has 2 heterocycles. The van der Waals surface area contributed by atoms with E-state index in [4.69, 9.17) is 0 Å². The van der Waals surface area contributed by atoms with Crippen LogP contribution in [0.25, 0.3) is 10.1 Å². The number of rotatable bonds is 7. The number of thiophene rings is 1. The first-order valence-corrected chi connectivity index (χ1v) is 7.83. The molecular weight excluding hydrogens is 254 g/mol. The van der Waals surface area contributed by atoms with Crippen molar-refractivity contribution < 1.29 is 0 Å². The first-order valence-electron chi connectivity index (χ1n) is 6.95. The van der Waals surface area contributed by atoms with Crippen molar-refractivity contribution in [1.82, 2.24) is 9.88 Å². The summed E-state index contributed by atoms with van der Waals surface area (Å²) in [5, 5.41) is 6.82. The third-order valence-corrected chi connectivity index (χ3v) is 4.37. The van der Waals surface area contributed by atoms with Gasteiger partial charge in [0.1, 0.15) is 5.82 Å². The van der Waals surface area contributed by atoms with Crippen molar-refractivity contribution in [3.05, 3.63) is 23.7 Å². The van der Waals surface area contributed by atoms with Gasteiger partial charge in [-0.3, -0.25) is 0 Å². The Morgan fingerprint density at radius 2 is 2.16 bits per heavy atom. The van der Waals surface area contributed by atoms with Gasteiger partial charge in [-0.2, -0.15) is 0 Å². The molecule has 0 aliphatic carbocycles. The van der Waals surface area contributed by atoms with Gasteiger partial charge in [-0.25, -0.2) is 4.98 Å². The number of anilines is 1. The SMILES string of the molecule is CC(C)N(C)CCCCNc1nccc2sccc12. The molecule has 0 radical (unpaired) electrons. The summed E-state index contributed by atoms with van der Waals surface area (Å²) in [6.07, 6.45) is 4.29. The maximum absolute atomic E-state index is 4.43. The highest BCUT2D eigenvalue weighted by molar-refractivity contribution is 7.17. The Morgan fingerprint density at radius 3 is 2.95 bits per heavy atom. The molecule has 0 bridgehead atoms. The van der Waals surface area contributed by atoms with E-state index < -0.39 is 0 Å². The van der Waals surface area contributed by atoms with Gasteiger partial charge in [0.15, 0.2) is 0 Å². The van der Waals surface area contributed by atoms with Crippen molar-refractivity contribution in [3.63, 3.8) is 0 Å². The summed E-state index contributed by atoms with van der Waals surface area (Å²) in [7, 11) is 2.19. The molecule has 104 valence electrons. The molecule has 19 heavy (non-hydrogen) atoms. The van der Waals surface area contributed by atoms with E-state index in [0.717, 1.165) is 18.9 Å². The van der Waals surface area contributed by atoms with Crippen LogP contribution in [0.15, 0.2) is 23.7 Å². The molecule has 0 atom stereocenters.